The van der Waals surface area contributed by atoms with Crippen molar-refractivity contribution in [2.45, 2.75) is 26.3 Å². The molecule has 4 rings (SSSR count). The summed E-state index contributed by atoms with van der Waals surface area (Å²) in [6, 6.07) is 16.2. The zero-order chi connectivity index (χ0) is 19.7. The second-order valence-corrected chi connectivity index (χ2v) is 8.17. The van der Waals surface area contributed by atoms with Crippen LogP contribution in [0.25, 0.3) is 0 Å². The van der Waals surface area contributed by atoms with Crippen LogP contribution in [0.1, 0.15) is 40.9 Å². The molecule has 28 heavy (non-hydrogen) atoms. The molecular formula is C24H30N2O2. The number of carbonyl (C=O) groups excluding carboxylic acids is 1. The summed E-state index contributed by atoms with van der Waals surface area (Å²) in [7, 11) is 1.64. The van der Waals surface area contributed by atoms with Crippen molar-refractivity contribution in [1.29, 1.82) is 0 Å². The van der Waals surface area contributed by atoms with Crippen LogP contribution in [0.5, 0.6) is 5.75 Å². The van der Waals surface area contributed by atoms with E-state index in [9.17, 15) is 4.79 Å². The number of nitrogens with zero attached hydrogens (tertiary/aromatic N) is 2. The van der Waals surface area contributed by atoms with Gasteiger partial charge in [0.2, 0.25) is 0 Å². The number of amides is 1. The average Bonchev–Trinajstić information content (AvgIpc) is 3.25. The van der Waals surface area contributed by atoms with Crippen molar-refractivity contribution in [3.05, 3.63) is 65.2 Å². The molecule has 0 N–H and O–H groups in total. The molecule has 2 aromatic carbocycles. The fourth-order valence-corrected chi connectivity index (χ4v) is 5.08. The number of rotatable bonds is 5. The van der Waals surface area contributed by atoms with Crippen molar-refractivity contribution in [1.82, 2.24) is 9.80 Å². The fraction of sp³-hybridized carbons (Fsp3) is 0.458. The van der Waals surface area contributed by atoms with Crippen LogP contribution in [0.4, 0.5) is 0 Å². The van der Waals surface area contributed by atoms with Crippen molar-refractivity contribution < 1.29 is 9.53 Å². The number of ether oxygens (including phenoxy) is 1. The molecule has 2 heterocycles. The maximum Gasteiger partial charge on any atom is 0.254 e. The van der Waals surface area contributed by atoms with Crippen LogP contribution in [0.2, 0.25) is 0 Å². The first-order chi connectivity index (χ1) is 13.6. The SMILES string of the molecule is CCCN1C[C@H]2CN(C(=O)c3cccc(OC)c3)[C@H](c3ccccc3C)[C@H]2C1. The second kappa shape index (κ2) is 7.96. The Morgan fingerprint density at radius 1 is 1.11 bits per heavy atom. The number of likely N-dealkylation sites (tertiary alicyclic amines) is 2. The normalized spacial score (nSPS) is 24.4. The third kappa shape index (κ3) is 3.42. The summed E-state index contributed by atoms with van der Waals surface area (Å²) in [5.41, 5.74) is 3.28. The number of methoxy groups -OCH3 is 1. The Labute approximate surface area is 168 Å². The van der Waals surface area contributed by atoms with Crippen molar-refractivity contribution in [2.75, 3.05) is 33.3 Å². The second-order valence-electron chi connectivity index (χ2n) is 8.17. The Morgan fingerprint density at radius 2 is 1.93 bits per heavy atom. The maximum atomic E-state index is 13.5. The number of benzene rings is 2. The molecule has 0 aromatic heterocycles. The molecule has 2 aliphatic heterocycles. The lowest BCUT2D eigenvalue weighted by atomic mass is 9.87. The zero-order valence-corrected chi connectivity index (χ0v) is 17.1. The van der Waals surface area contributed by atoms with E-state index in [4.69, 9.17) is 4.74 Å². The van der Waals surface area contributed by atoms with Crippen molar-refractivity contribution in [2.24, 2.45) is 11.8 Å². The minimum atomic E-state index is 0.114. The molecule has 0 unspecified atom stereocenters. The van der Waals surface area contributed by atoms with Gasteiger partial charge in [-0.15, -0.1) is 0 Å². The van der Waals surface area contributed by atoms with Gasteiger partial charge in [0.05, 0.1) is 13.2 Å². The summed E-state index contributed by atoms with van der Waals surface area (Å²) in [4.78, 5) is 18.2. The molecule has 4 nitrogen and oxygen atoms in total. The van der Waals surface area contributed by atoms with E-state index in [1.807, 2.05) is 24.3 Å². The van der Waals surface area contributed by atoms with Gasteiger partial charge in [-0.2, -0.15) is 0 Å². The number of hydrogen-bond donors (Lipinski definition) is 0. The van der Waals surface area contributed by atoms with Gasteiger partial charge in [-0.05, 0) is 55.1 Å². The topological polar surface area (TPSA) is 32.8 Å². The van der Waals surface area contributed by atoms with E-state index >= 15 is 0 Å². The summed E-state index contributed by atoms with van der Waals surface area (Å²) in [6.07, 6.45) is 1.18. The number of hydrogen-bond acceptors (Lipinski definition) is 3. The molecule has 148 valence electrons. The molecule has 2 fully saturated rings. The van der Waals surface area contributed by atoms with Gasteiger partial charge in [0.1, 0.15) is 5.75 Å². The molecule has 0 aliphatic carbocycles. The third-order valence-electron chi connectivity index (χ3n) is 6.36. The number of carbonyl (C=O) groups is 1. The van der Waals surface area contributed by atoms with Crippen LogP contribution < -0.4 is 4.74 Å². The Hall–Kier alpha value is -2.33. The minimum absolute atomic E-state index is 0.114. The van der Waals surface area contributed by atoms with E-state index in [1.54, 1.807) is 7.11 Å². The van der Waals surface area contributed by atoms with Gasteiger partial charge in [-0.1, -0.05) is 37.3 Å². The van der Waals surface area contributed by atoms with Crippen LogP contribution in [-0.2, 0) is 0 Å². The Morgan fingerprint density at radius 3 is 2.68 bits per heavy atom. The average molecular weight is 379 g/mol. The molecule has 0 spiro atoms. The molecule has 2 aliphatic rings. The molecule has 2 aromatic rings. The quantitative estimate of drug-likeness (QED) is 0.783. The molecule has 3 atom stereocenters. The van der Waals surface area contributed by atoms with Crippen LogP contribution in [0, 0.1) is 18.8 Å². The first-order valence-corrected chi connectivity index (χ1v) is 10.3. The lowest BCUT2D eigenvalue weighted by Crippen LogP contribution is -2.36. The van der Waals surface area contributed by atoms with Crippen LogP contribution >= 0.6 is 0 Å². The Balaban J connectivity index is 1.68. The molecular weight excluding hydrogens is 348 g/mol. The van der Waals surface area contributed by atoms with E-state index in [2.05, 4.69) is 47.9 Å². The molecule has 2 saturated heterocycles. The summed E-state index contributed by atoms with van der Waals surface area (Å²) in [5, 5.41) is 0. The van der Waals surface area contributed by atoms with E-state index in [0.29, 0.717) is 17.4 Å². The predicted octanol–water partition coefficient (Wildman–Crippen LogP) is 4.16. The van der Waals surface area contributed by atoms with Gasteiger partial charge in [0, 0.05) is 31.1 Å². The van der Waals surface area contributed by atoms with E-state index < -0.39 is 0 Å². The summed E-state index contributed by atoms with van der Waals surface area (Å²) in [5.74, 6) is 1.89. The highest BCUT2D eigenvalue weighted by molar-refractivity contribution is 5.95. The fourth-order valence-electron chi connectivity index (χ4n) is 5.08. The van der Waals surface area contributed by atoms with Crippen molar-refractivity contribution in [3.8, 4) is 5.75 Å². The first kappa shape index (κ1) is 19.0. The highest BCUT2D eigenvalue weighted by atomic mass is 16.5. The number of aryl methyl sites for hydroxylation is 1. The standard InChI is InChI=1S/C24H30N2O2/c1-4-12-25-14-19-15-26(24(27)18-9-7-10-20(13-18)28-3)23(22(19)16-25)21-11-6-5-8-17(21)2/h5-11,13,19,22-23H,4,12,14-16H2,1-3H3/t19-,22-,23+/m0/s1. The molecule has 0 bridgehead atoms. The van der Waals surface area contributed by atoms with Gasteiger partial charge < -0.3 is 14.5 Å². The maximum absolute atomic E-state index is 13.5. The van der Waals surface area contributed by atoms with Crippen LogP contribution in [0.3, 0.4) is 0 Å². The first-order valence-electron chi connectivity index (χ1n) is 10.3. The van der Waals surface area contributed by atoms with Gasteiger partial charge >= 0.3 is 0 Å². The van der Waals surface area contributed by atoms with Crippen LogP contribution in [0.15, 0.2) is 48.5 Å². The largest absolute Gasteiger partial charge is 0.497 e. The summed E-state index contributed by atoms with van der Waals surface area (Å²) in [6.45, 7) is 8.57. The third-order valence-corrected chi connectivity index (χ3v) is 6.36. The highest BCUT2D eigenvalue weighted by Gasteiger charge is 2.49. The smallest absolute Gasteiger partial charge is 0.254 e. The van der Waals surface area contributed by atoms with E-state index in [-0.39, 0.29) is 11.9 Å². The van der Waals surface area contributed by atoms with Gasteiger partial charge in [0.15, 0.2) is 0 Å². The van der Waals surface area contributed by atoms with Crippen molar-refractivity contribution >= 4 is 5.91 Å². The zero-order valence-electron chi connectivity index (χ0n) is 17.1. The minimum Gasteiger partial charge on any atom is -0.497 e. The number of fused-ring (bicyclic) bond motifs is 1. The lowest BCUT2D eigenvalue weighted by molar-refractivity contribution is 0.0700. The Kier molecular flexibility index (Phi) is 5.40. The van der Waals surface area contributed by atoms with E-state index in [0.717, 1.165) is 31.9 Å². The molecule has 1 amide bonds. The summed E-state index contributed by atoms with van der Waals surface area (Å²) >= 11 is 0. The van der Waals surface area contributed by atoms with Crippen molar-refractivity contribution in [3.63, 3.8) is 0 Å². The molecule has 0 saturated carbocycles. The van der Waals surface area contributed by atoms with Gasteiger partial charge in [-0.25, -0.2) is 0 Å². The van der Waals surface area contributed by atoms with Gasteiger partial charge in [0.25, 0.3) is 5.91 Å². The Bertz CT molecular complexity index is 850. The van der Waals surface area contributed by atoms with Gasteiger partial charge in [-0.3, -0.25) is 4.79 Å². The predicted molar refractivity (Wildman–Crippen MR) is 112 cm³/mol. The van der Waals surface area contributed by atoms with Crippen LogP contribution in [-0.4, -0.2) is 49.0 Å². The monoisotopic (exact) mass is 378 g/mol. The molecule has 0 radical (unpaired) electrons. The summed E-state index contributed by atoms with van der Waals surface area (Å²) < 4.78 is 5.34. The molecule has 4 heteroatoms. The van der Waals surface area contributed by atoms with E-state index in [1.165, 1.54) is 17.5 Å². The lowest BCUT2D eigenvalue weighted by Gasteiger charge is -2.31. The highest BCUT2D eigenvalue weighted by Crippen LogP contribution is 2.46.